The average Bonchev–Trinajstić information content (AvgIpc) is 3.42. The van der Waals surface area contributed by atoms with Gasteiger partial charge >= 0.3 is 0 Å². The third-order valence-corrected chi connectivity index (χ3v) is 11.8. The molecule has 2 saturated heterocycles. The summed E-state index contributed by atoms with van der Waals surface area (Å²) in [5.74, 6) is 2.98. The summed E-state index contributed by atoms with van der Waals surface area (Å²) in [6, 6.07) is 0. The van der Waals surface area contributed by atoms with Crippen LogP contribution in [0.15, 0.2) is 22.0 Å². The lowest BCUT2D eigenvalue weighted by Crippen LogP contribution is -2.53. The van der Waals surface area contributed by atoms with Gasteiger partial charge in [-0.1, -0.05) is 48.9 Å². The van der Waals surface area contributed by atoms with E-state index in [1.165, 1.54) is 9.81 Å². The second kappa shape index (κ2) is 11.7. The number of rotatable bonds is 10. The van der Waals surface area contributed by atoms with Crippen molar-refractivity contribution in [3.63, 3.8) is 0 Å². The molecule has 4 rings (SSSR count). The van der Waals surface area contributed by atoms with Crippen molar-refractivity contribution in [3.8, 4) is 0 Å². The first kappa shape index (κ1) is 29.1. The van der Waals surface area contributed by atoms with Gasteiger partial charge in [0.1, 0.15) is 9.98 Å². The molecule has 0 aliphatic carbocycles. The largest absolute Gasteiger partial charge is 0.393 e. The second-order valence-corrected chi connectivity index (χ2v) is 15.6. The number of aliphatic hydroxyl groups is 1. The van der Waals surface area contributed by atoms with Crippen molar-refractivity contribution >= 4 is 92.3 Å². The minimum atomic E-state index is -0.299. The molecule has 36 heavy (non-hydrogen) atoms. The molecule has 0 radical (unpaired) electrons. The summed E-state index contributed by atoms with van der Waals surface area (Å²) < 4.78 is 0. The normalized spacial score (nSPS) is 25.7. The minimum Gasteiger partial charge on any atom is -0.393 e. The quantitative estimate of drug-likeness (QED) is 0.257. The Labute approximate surface area is 247 Å². The Kier molecular flexibility index (Phi) is 9.44. The van der Waals surface area contributed by atoms with Gasteiger partial charge in [-0.2, -0.15) is 0 Å². The molecule has 2 unspecified atom stereocenters. The SMILES string of the molecule is CC(C)(CCCC(O)CCCC(C)(C)N1C(=S)C=C2SCCC2C1=S)N1C(=S)C=C2SCCC2C1=S. The van der Waals surface area contributed by atoms with E-state index in [1.807, 2.05) is 23.5 Å². The smallest absolute Gasteiger partial charge is 0.108 e. The van der Waals surface area contributed by atoms with Gasteiger partial charge in [-0.05, 0) is 113 Å². The molecule has 0 saturated carbocycles. The first-order valence-corrected chi connectivity index (χ1v) is 16.7. The monoisotopic (exact) mass is 598 g/mol. The zero-order valence-corrected chi connectivity index (χ0v) is 26.6. The number of fused-ring (bicyclic) bond motifs is 2. The number of aliphatic hydroxyl groups excluding tert-OH is 1. The van der Waals surface area contributed by atoms with Crippen LogP contribution in [0.2, 0.25) is 0 Å². The molecule has 2 atom stereocenters. The van der Waals surface area contributed by atoms with Crippen LogP contribution in [0.3, 0.4) is 0 Å². The Morgan fingerprint density at radius 2 is 1.19 bits per heavy atom. The van der Waals surface area contributed by atoms with Gasteiger partial charge in [0.05, 0.1) is 16.1 Å². The van der Waals surface area contributed by atoms with Gasteiger partial charge in [0.2, 0.25) is 0 Å². The molecule has 0 amide bonds. The molecule has 3 nitrogen and oxygen atoms in total. The highest BCUT2D eigenvalue weighted by atomic mass is 32.2. The van der Waals surface area contributed by atoms with Gasteiger partial charge in [0.25, 0.3) is 0 Å². The number of thioether (sulfide) groups is 2. The van der Waals surface area contributed by atoms with Crippen LogP contribution in [-0.4, -0.2) is 63.5 Å². The number of nitrogens with zero attached hydrogens (tertiary/aromatic N) is 2. The highest BCUT2D eigenvalue weighted by Crippen LogP contribution is 2.44. The van der Waals surface area contributed by atoms with Crippen LogP contribution in [0, 0.1) is 11.8 Å². The third kappa shape index (κ3) is 6.13. The fourth-order valence-electron chi connectivity index (χ4n) is 5.85. The lowest BCUT2D eigenvalue weighted by atomic mass is 9.88. The predicted octanol–water partition coefficient (Wildman–Crippen LogP) is 7.46. The molecule has 0 spiro atoms. The van der Waals surface area contributed by atoms with Crippen LogP contribution in [0.25, 0.3) is 0 Å². The summed E-state index contributed by atoms with van der Waals surface area (Å²) in [5, 5.41) is 10.8. The fourth-order valence-corrected chi connectivity index (χ4v) is 10.8. The number of thiocarbonyl (C=S) groups is 4. The fraction of sp³-hybridized carbons (Fsp3) is 0.704. The standard InChI is InChI=1S/C27H38N2OS6/c1-26(2,28-22(31)15-20-18(24(28)33)9-13-35-20)11-5-7-17(30)8-6-12-27(3,4)29-23(32)16-21-19(25(29)34)10-14-36-21/h15-19,30H,5-14H2,1-4H3. The van der Waals surface area contributed by atoms with E-state index in [0.29, 0.717) is 11.8 Å². The summed E-state index contributed by atoms with van der Waals surface area (Å²) in [6.07, 6.45) is 11.6. The lowest BCUT2D eigenvalue weighted by molar-refractivity contribution is 0.136. The van der Waals surface area contributed by atoms with Gasteiger partial charge in [-0.3, -0.25) is 0 Å². The zero-order valence-electron chi connectivity index (χ0n) is 21.7. The van der Waals surface area contributed by atoms with E-state index in [-0.39, 0.29) is 17.2 Å². The van der Waals surface area contributed by atoms with Gasteiger partial charge in [0, 0.05) is 22.9 Å². The van der Waals surface area contributed by atoms with E-state index >= 15 is 0 Å². The lowest BCUT2D eigenvalue weighted by Gasteiger charge is -2.44. The minimum absolute atomic E-state index is 0.143. The molecular formula is C27H38N2OS6. The Hall–Kier alpha value is 0.1000. The van der Waals surface area contributed by atoms with Crippen LogP contribution in [0.1, 0.15) is 79.1 Å². The molecule has 9 heteroatoms. The van der Waals surface area contributed by atoms with Crippen molar-refractivity contribution in [3.05, 3.63) is 22.0 Å². The van der Waals surface area contributed by atoms with Crippen molar-refractivity contribution in [1.82, 2.24) is 9.80 Å². The molecule has 198 valence electrons. The number of hydrogen-bond acceptors (Lipinski definition) is 7. The first-order valence-electron chi connectivity index (χ1n) is 13.1. The van der Waals surface area contributed by atoms with Crippen molar-refractivity contribution in [2.24, 2.45) is 11.8 Å². The maximum atomic E-state index is 10.8. The second-order valence-electron chi connectivity index (χ2n) is 11.6. The first-order chi connectivity index (χ1) is 16.9. The summed E-state index contributed by atoms with van der Waals surface area (Å²) >= 11 is 27.0. The average molecular weight is 599 g/mol. The van der Waals surface area contributed by atoms with Crippen LogP contribution in [-0.2, 0) is 0 Å². The van der Waals surface area contributed by atoms with Crippen molar-refractivity contribution < 1.29 is 5.11 Å². The molecule has 4 aliphatic rings. The van der Waals surface area contributed by atoms with E-state index in [0.717, 1.165) is 82.8 Å². The summed E-state index contributed by atoms with van der Waals surface area (Å²) in [4.78, 5) is 10.8. The van der Waals surface area contributed by atoms with Crippen molar-refractivity contribution in [2.45, 2.75) is 96.2 Å². The van der Waals surface area contributed by atoms with E-state index < -0.39 is 0 Å². The molecular weight excluding hydrogens is 561 g/mol. The highest BCUT2D eigenvalue weighted by molar-refractivity contribution is 8.03. The molecule has 0 aromatic heterocycles. The van der Waals surface area contributed by atoms with E-state index in [9.17, 15) is 5.11 Å². The van der Waals surface area contributed by atoms with Gasteiger partial charge < -0.3 is 14.9 Å². The molecule has 0 aromatic carbocycles. The Morgan fingerprint density at radius 1 is 0.806 bits per heavy atom. The summed E-state index contributed by atoms with van der Waals surface area (Å²) in [7, 11) is 0. The molecule has 2 fully saturated rings. The molecule has 4 aliphatic heterocycles. The number of hydrogen-bond donors (Lipinski definition) is 1. The van der Waals surface area contributed by atoms with E-state index in [1.54, 1.807) is 0 Å². The van der Waals surface area contributed by atoms with Crippen LogP contribution in [0.4, 0.5) is 0 Å². The van der Waals surface area contributed by atoms with Gasteiger partial charge in [-0.15, -0.1) is 23.5 Å². The van der Waals surface area contributed by atoms with Gasteiger partial charge in [0.15, 0.2) is 0 Å². The third-order valence-electron chi connectivity index (χ3n) is 7.91. The van der Waals surface area contributed by atoms with Crippen LogP contribution >= 0.6 is 72.4 Å². The maximum absolute atomic E-state index is 10.8. The molecule has 1 N–H and O–H groups in total. The van der Waals surface area contributed by atoms with Crippen LogP contribution < -0.4 is 0 Å². The topological polar surface area (TPSA) is 26.7 Å². The Bertz CT molecular complexity index is 922. The van der Waals surface area contributed by atoms with Crippen molar-refractivity contribution in [2.75, 3.05) is 11.5 Å². The maximum Gasteiger partial charge on any atom is 0.108 e. The molecule has 4 heterocycles. The molecule has 0 bridgehead atoms. The van der Waals surface area contributed by atoms with Gasteiger partial charge in [-0.25, -0.2) is 0 Å². The Balaban J connectivity index is 1.23. The van der Waals surface area contributed by atoms with Crippen molar-refractivity contribution in [1.29, 1.82) is 0 Å². The summed E-state index contributed by atoms with van der Waals surface area (Å²) in [5.41, 5.74) is -0.286. The van der Waals surface area contributed by atoms with E-state index in [2.05, 4.69) is 49.6 Å². The zero-order chi connectivity index (χ0) is 26.3. The molecule has 0 aromatic rings. The van der Waals surface area contributed by atoms with E-state index in [4.69, 9.17) is 48.9 Å². The predicted molar refractivity (Wildman–Crippen MR) is 173 cm³/mol. The van der Waals surface area contributed by atoms with Crippen LogP contribution in [0.5, 0.6) is 0 Å². The highest BCUT2D eigenvalue weighted by Gasteiger charge is 2.41. The summed E-state index contributed by atoms with van der Waals surface area (Å²) in [6.45, 7) is 8.92. The Morgan fingerprint density at radius 3 is 1.58 bits per heavy atom.